The predicted octanol–water partition coefficient (Wildman–Crippen LogP) is 0.574. The monoisotopic (exact) mass is 382 g/mol. The summed E-state index contributed by atoms with van der Waals surface area (Å²) in [4.78, 5) is -0.0719. The smallest absolute Gasteiger partial charge is 0.244 e. The van der Waals surface area contributed by atoms with Crippen LogP contribution in [0.15, 0.2) is 32.5 Å². The molecule has 0 bridgehead atoms. The van der Waals surface area contributed by atoms with Crippen LogP contribution in [0.2, 0.25) is 0 Å². The van der Waals surface area contributed by atoms with Crippen LogP contribution in [0.3, 0.4) is 0 Å². The molecule has 2 rings (SSSR count). The third kappa shape index (κ3) is 3.06. The zero-order chi connectivity index (χ0) is 15.1. The second kappa shape index (κ2) is 5.38. The normalized spacial score (nSPS) is 21.2. The Kier molecular flexibility index (Phi) is 4.27. The molecule has 1 aromatic carbocycles. The van der Waals surface area contributed by atoms with Gasteiger partial charge in [0.25, 0.3) is 0 Å². The molecule has 1 heterocycles. The molecule has 1 unspecified atom stereocenters. The maximum Gasteiger partial charge on any atom is 0.244 e. The average Bonchev–Trinajstić information content (AvgIpc) is 2.75. The highest BCUT2D eigenvalue weighted by molar-refractivity contribution is 9.10. The van der Waals surface area contributed by atoms with Crippen molar-refractivity contribution < 1.29 is 16.8 Å². The van der Waals surface area contributed by atoms with E-state index in [1.807, 2.05) is 0 Å². The van der Waals surface area contributed by atoms with Crippen LogP contribution in [0.1, 0.15) is 6.42 Å². The van der Waals surface area contributed by atoms with E-state index in [2.05, 4.69) is 15.9 Å². The molecule has 1 aromatic rings. The minimum Gasteiger partial charge on any atom is -0.326 e. The number of hydrogen-bond acceptors (Lipinski definition) is 5. The van der Waals surface area contributed by atoms with Gasteiger partial charge in [-0.2, -0.15) is 4.31 Å². The number of nitrogens with two attached hydrogens (primary N) is 1. The van der Waals surface area contributed by atoms with Gasteiger partial charge in [-0.3, -0.25) is 0 Å². The molecule has 1 aliphatic rings. The van der Waals surface area contributed by atoms with Crippen LogP contribution in [0.5, 0.6) is 0 Å². The quantitative estimate of drug-likeness (QED) is 0.823. The molecule has 0 amide bonds. The second-order valence-electron chi connectivity index (χ2n) is 4.78. The lowest BCUT2D eigenvalue weighted by Crippen LogP contribution is -2.32. The first kappa shape index (κ1) is 15.9. The van der Waals surface area contributed by atoms with Gasteiger partial charge in [0.15, 0.2) is 9.84 Å². The van der Waals surface area contributed by atoms with Gasteiger partial charge in [0.1, 0.15) is 0 Å². The largest absolute Gasteiger partial charge is 0.326 e. The van der Waals surface area contributed by atoms with E-state index < -0.39 is 19.9 Å². The van der Waals surface area contributed by atoms with Crippen LogP contribution in [0, 0.1) is 0 Å². The fraction of sp³-hybridized carbons (Fsp3) is 0.455. The molecule has 20 heavy (non-hydrogen) atoms. The summed E-state index contributed by atoms with van der Waals surface area (Å²) in [5.74, 6) is 0. The molecule has 6 nitrogen and oxygen atoms in total. The summed E-state index contributed by atoms with van der Waals surface area (Å²) in [5, 5.41) is 0. The predicted molar refractivity (Wildman–Crippen MR) is 78.6 cm³/mol. The Balaban J connectivity index is 2.52. The zero-order valence-corrected chi connectivity index (χ0v) is 14.0. The van der Waals surface area contributed by atoms with Crippen LogP contribution >= 0.6 is 15.9 Å². The Morgan fingerprint density at radius 2 is 1.95 bits per heavy atom. The van der Waals surface area contributed by atoms with Crippen LogP contribution in [-0.4, -0.2) is 46.5 Å². The Morgan fingerprint density at radius 1 is 1.30 bits per heavy atom. The van der Waals surface area contributed by atoms with E-state index >= 15 is 0 Å². The van der Waals surface area contributed by atoms with Crippen molar-refractivity contribution in [2.45, 2.75) is 22.3 Å². The first-order valence-corrected chi connectivity index (χ1v) is 10.00. The fourth-order valence-electron chi connectivity index (χ4n) is 2.02. The van der Waals surface area contributed by atoms with Gasteiger partial charge in [-0.1, -0.05) is 0 Å². The summed E-state index contributed by atoms with van der Waals surface area (Å²) >= 11 is 3.16. The van der Waals surface area contributed by atoms with Crippen LogP contribution in [0.25, 0.3) is 0 Å². The zero-order valence-electron chi connectivity index (χ0n) is 10.8. The van der Waals surface area contributed by atoms with Gasteiger partial charge in [-0.15, -0.1) is 0 Å². The van der Waals surface area contributed by atoms with Gasteiger partial charge >= 0.3 is 0 Å². The molecule has 1 saturated heterocycles. The molecule has 9 heteroatoms. The molecule has 112 valence electrons. The van der Waals surface area contributed by atoms with Crippen molar-refractivity contribution in [2.24, 2.45) is 5.73 Å². The summed E-state index contributed by atoms with van der Waals surface area (Å²) < 4.78 is 49.8. The molecule has 0 radical (unpaired) electrons. The number of hydrogen-bond donors (Lipinski definition) is 1. The van der Waals surface area contributed by atoms with Gasteiger partial charge in [-0.25, -0.2) is 16.8 Å². The number of nitrogens with zero attached hydrogens (tertiary/aromatic N) is 1. The van der Waals surface area contributed by atoms with Crippen molar-refractivity contribution in [1.82, 2.24) is 4.31 Å². The Hall–Kier alpha value is -0.480. The number of sulfonamides is 1. The first-order valence-electron chi connectivity index (χ1n) is 5.88. The molecular weight excluding hydrogens is 368 g/mol. The van der Waals surface area contributed by atoms with E-state index in [1.165, 1.54) is 22.5 Å². The molecule has 0 aromatic heterocycles. The standard InChI is InChI=1S/C11H15BrN2O4S2/c1-19(15,16)9-2-3-10(12)11(6-9)20(17,18)14-5-4-8(13)7-14/h2-3,6,8H,4-5,7,13H2,1H3. The van der Waals surface area contributed by atoms with E-state index in [9.17, 15) is 16.8 Å². The van der Waals surface area contributed by atoms with Crippen LogP contribution < -0.4 is 5.73 Å². The summed E-state index contributed by atoms with van der Waals surface area (Å²) in [5.41, 5.74) is 5.72. The highest BCUT2D eigenvalue weighted by atomic mass is 79.9. The van der Waals surface area contributed by atoms with E-state index in [0.717, 1.165) is 6.26 Å². The van der Waals surface area contributed by atoms with E-state index in [1.54, 1.807) is 0 Å². The minimum absolute atomic E-state index is 0.0252. The molecule has 2 N–H and O–H groups in total. The van der Waals surface area contributed by atoms with Crippen molar-refractivity contribution in [3.05, 3.63) is 22.7 Å². The highest BCUT2D eigenvalue weighted by Gasteiger charge is 2.32. The van der Waals surface area contributed by atoms with Gasteiger partial charge < -0.3 is 5.73 Å². The van der Waals surface area contributed by atoms with Crippen LogP contribution in [0.4, 0.5) is 0 Å². The fourth-order valence-corrected chi connectivity index (χ4v) is 5.21. The molecular formula is C11H15BrN2O4S2. The Bertz CT molecular complexity index is 731. The Morgan fingerprint density at radius 3 is 2.45 bits per heavy atom. The minimum atomic E-state index is -3.74. The lowest BCUT2D eigenvalue weighted by atomic mass is 10.3. The first-order chi connectivity index (χ1) is 9.12. The number of halogens is 1. The molecule has 1 aliphatic heterocycles. The van der Waals surface area contributed by atoms with Gasteiger partial charge in [-0.05, 0) is 40.5 Å². The van der Waals surface area contributed by atoms with Crippen LogP contribution in [-0.2, 0) is 19.9 Å². The van der Waals surface area contributed by atoms with Gasteiger partial charge in [0, 0.05) is 29.9 Å². The summed E-state index contributed by atoms with van der Waals surface area (Å²) in [6.45, 7) is 0.594. The van der Waals surface area contributed by atoms with Crippen molar-refractivity contribution in [1.29, 1.82) is 0 Å². The van der Waals surface area contributed by atoms with E-state index in [0.29, 0.717) is 17.4 Å². The maximum atomic E-state index is 12.5. The summed E-state index contributed by atoms with van der Waals surface area (Å²) in [6, 6.07) is 3.80. The van der Waals surface area contributed by atoms with Gasteiger partial charge in [0.05, 0.1) is 9.79 Å². The Labute approximate surface area is 127 Å². The van der Waals surface area contributed by atoms with Crippen molar-refractivity contribution in [3.63, 3.8) is 0 Å². The highest BCUT2D eigenvalue weighted by Crippen LogP contribution is 2.29. The third-order valence-corrected chi connectivity index (χ3v) is 7.11. The number of rotatable bonds is 3. The third-order valence-electron chi connectivity index (χ3n) is 3.14. The second-order valence-corrected chi connectivity index (χ2v) is 9.55. The maximum absolute atomic E-state index is 12.5. The summed E-state index contributed by atoms with van der Waals surface area (Å²) in [6.07, 6.45) is 1.64. The lowest BCUT2D eigenvalue weighted by Gasteiger charge is -2.17. The van der Waals surface area contributed by atoms with Crippen molar-refractivity contribution in [3.8, 4) is 0 Å². The molecule has 0 saturated carbocycles. The van der Waals surface area contributed by atoms with Crippen molar-refractivity contribution in [2.75, 3.05) is 19.3 Å². The average molecular weight is 383 g/mol. The number of sulfone groups is 1. The number of benzene rings is 1. The lowest BCUT2D eigenvalue weighted by molar-refractivity contribution is 0.472. The molecule has 1 fully saturated rings. The van der Waals surface area contributed by atoms with E-state index in [4.69, 9.17) is 5.73 Å². The van der Waals surface area contributed by atoms with Crippen molar-refractivity contribution >= 4 is 35.8 Å². The van der Waals surface area contributed by atoms with E-state index in [-0.39, 0.29) is 22.4 Å². The summed E-state index contributed by atoms with van der Waals surface area (Å²) in [7, 11) is -7.21. The topological polar surface area (TPSA) is 97.5 Å². The molecule has 0 spiro atoms. The SMILES string of the molecule is CS(=O)(=O)c1ccc(Br)c(S(=O)(=O)N2CCC(N)C2)c1. The molecule has 1 atom stereocenters. The van der Waals surface area contributed by atoms with Gasteiger partial charge in [0.2, 0.25) is 10.0 Å². The molecule has 0 aliphatic carbocycles.